The molecule has 0 aromatic carbocycles. The Morgan fingerprint density at radius 2 is 2.25 bits per heavy atom. The summed E-state index contributed by atoms with van der Waals surface area (Å²) in [5, 5.41) is 18.9. The molecule has 2 saturated heterocycles. The maximum absolute atomic E-state index is 12.0. The largest absolute Gasteiger partial charge is 0.476 e. The van der Waals surface area contributed by atoms with Gasteiger partial charge in [0.05, 0.1) is 6.20 Å². The predicted octanol–water partition coefficient (Wildman–Crippen LogP) is -0.671. The maximum Gasteiger partial charge on any atom is 0.358 e. The molecule has 8 heteroatoms. The van der Waals surface area contributed by atoms with Gasteiger partial charge in [0, 0.05) is 18.6 Å². The van der Waals surface area contributed by atoms with E-state index in [-0.39, 0.29) is 24.2 Å². The summed E-state index contributed by atoms with van der Waals surface area (Å²) in [6, 6.07) is 0.664. The second-order valence-corrected chi connectivity index (χ2v) is 5.31. The lowest BCUT2D eigenvalue weighted by molar-refractivity contribution is -0.122. The third-order valence-corrected chi connectivity index (χ3v) is 4.02. The number of amides is 1. The summed E-state index contributed by atoms with van der Waals surface area (Å²) in [5.41, 5.74) is -0.152. The van der Waals surface area contributed by atoms with Crippen LogP contribution < -0.4 is 5.32 Å². The van der Waals surface area contributed by atoms with Crippen LogP contribution in [-0.2, 0) is 11.3 Å². The third kappa shape index (κ3) is 2.51. The minimum Gasteiger partial charge on any atom is -0.476 e. The Balaban J connectivity index is 1.55. The molecule has 2 unspecified atom stereocenters. The van der Waals surface area contributed by atoms with Crippen molar-refractivity contribution in [2.24, 2.45) is 0 Å². The van der Waals surface area contributed by atoms with Crippen molar-refractivity contribution >= 4 is 11.9 Å². The molecule has 1 amide bonds. The highest BCUT2D eigenvalue weighted by Gasteiger charge is 2.37. The van der Waals surface area contributed by atoms with Crippen molar-refractivity contribution in [2.75, 3.05) is 13.1 Å². The summed E-state index contributed by atoms with van der Waals surface area (Å²) in [5.74, 6) is -1.29. The van der Waals surface area contributed by atoms with Crippen LogP contribution in [0.2, 0.25) is 0 Å². The lowest BCUT2D eigenvalue weighted by Crippen LogP contribution is -2.43. The number of nitrogens with one attached hydrogen (secondary N) is 1. The number of nitrogens with zero attached hydrogens (tertiary/aromatic N) is 4. The fraction of sp³-hybridized carbons (Fsp3) is 0.667. The molecule has 2 fully saturated rings. The molecule has 2 atom stereocenters. The predicted molar refractivity (Wildman–Crippen MR) is 68.1 cm³/mol. The molecule has 3 rings (SSSR count). The van der Waals surface area contributed by atoms with E-state index in [0.29, 0.717) is 6.04 Å². The smallest absolute Gasteiger partial charge is 0.358 e. The van der Waals surface area contributed by atoms with Gasteiger partial charge in [-0.05, 0) is 25.8 Å². The summed E-state index contributed by atoms with van der Waals surface area (Å²) < 4.78 is 1.25. The summed E-state index contributed by atoms with van der Waals surface area (Å²) >= 11 is 0. The molecule has 2 aliphatic rings. The highest BCUT2D eigenvalue weighted by molar-refractivity contribution is 5.84. The normalized spacial score (nSPS) is 25.6. The first-order chi connectivity index (χ1) is 9.63. The van der Waals surface area contributed by atoms with Crippen LogP contribution in [0.1, 0.15) is 29.8 Å². The van der Waals surface area contributed by atoms with Crippen molar-refractivity contribution in [1.29, 1.82) is 0 Å². The number of carbonyl (C=O) groups excluding carboxylic acids is 1. The quantitative estimate of drug-likeness (QED) is 0.758. The molecule has 108 valence electrons. The van der Waals surface area contributed by atoms with E-state index in [1.165, 1.54) is 17.3 Å². The Labute approximate surface area is 115 Å². The van der Waals surface area contributed by atoms with Crippen LogP contribution in [0.5, 0.6) is 0 Å². The van der Waals surface area contributed by atoms with E-state index in [0.717, 1.165) is 25.9 Å². The fourth-order valence-electron chi connectivity index (χ4n) is 3.12. The third-order valence-electron chi connectivity index (χ3n) is 4.02. The summed E-state index contributed by atoms with van der Waals surface area (Å²) in [6.45, 7) is 2.17. The number of carbonyl (C=O) groups is 2. The standard InChI is InChI=1S/C12H17N5O3/c18-11(7-17-6-9(12(19)20)14-15-17)13-8-3-5-16-4-1-2-10(8)16/h6,8,10H,1-5,7H2,(H,13,18)(H,19,20). The second-order valence-electron chi connectivity index (χ2n) is 5.31. The zero-order chi connectivity index (χ0) is 14.1. The average molecular weight is 279 g/mol. The van der Waals surface area contributed by atoms with Gasteiger partial charge in [0.25, 0.3) is 0 Å². The monoisotopic (exact) mass is 279 g/mol. The van der Waals surface area contributed by atoms with E-state index < -0.39 is 5.97 Å². The molecule has 3 heterocycles. The van der Waals surface area contributed by atoms with E-state index >= 15 is 0 Å². The number of rotatable bonds is 4. The van der Waals surface area contributed by atoms with Crippen LogP contribution in [0.4, 0.5) is 0 Å². The van der Waals surface area contributed by atoms with E-state index in [1.54, 1.807) is 0 Å². The summed E-state index contributed by atoms with van der Waals surface area (Å²) in [4.78, 5) is 25.1. The van der Waals surface area contributed by atoms with Gasteiger partial charge in [0.15, 0.2) is 5.69 Å². The van der Waals surface area contributed by atoms with Crippen molar-refractivity contribution < 1.29 is 14.7 Å². The second kappa shape index (κ2) is 5.20. The van der Waals surface area contributed by atoms with Crippen LogP contribution in [0, 0.1) is 0 Å². The van der Waals surface area contributed by atoms with Crippen LogP contribution in [0.15, 0.2) is 6.20 Å². The van der Waals surface area contributed by atoms with Crippen LogP contribution in [0.3, 0.4) is 0 Å². The van der Waals surface area contributed by atoms with E-state index in [4.69, 9.17) is 5.11 Å². The zero-order valence-electron chi connectivity index (χ0n) is 11.0. The number of hydrogen-bond donors (Lipinski definition) is 2. The summed E-state index contributed by atoms with van der Waals surface area (Å²) in [7, 11) is 0. The molecule has 0 aliphatic carbocycles. The van der Waals surface area contributed by atoms with Crippen molar-refractivity contribution in [3.8, 4) is 0 Å². The van der Waals surface area contributed by atoms with Gasteiger partial charge in [-0.3, -0.25) is 9.69 Å². The van der Waals surface area contributed by atoms with Crippen LogP contribution in [-0.4, -0.2) is 62.0 Å². The molecular formula is C12H17N5O3. The number of hydrogen-bond acceptors (Lipinski definition) is 5. The van der Waals surface area contributed by atoms with E-state index in [2.05, 4.69) is 20.5 Å². The molecular weight excluding hydrogens is 262 g/mol. The molecule has 0 bridgehead atoms. The first-order valence-electron chi connectivity index (χ1n) is 6.80. The molecule has 1 aromatic heterocycles. The van der Waals surface area contributed by atoms with E-state index in [1.807, 2.05) is 0 Å². The molecule has 20 heavy (non-hydrogen) atoms. The molecule has 8 nitrogen and oxygen atoms in total. The maximum atomic E-state index is 12.0. The van der Waals surface area contributed by atoms with E-state index in [9.17, 15) is 9.59 Å². The Kier molecular flexibility index (Phi) is 3.39. The van der Waals surface area contributed by atoms with Gasteiger partial charge >= 0.3 is 5.97 Å². The van der Waals surface area contributed by atoms with Crippen molar-refractivity contribution in [3.63, 3.8) is 0 Å². The Morgan fingerprint density at radius 3 is 3.00 bits per heavy atom. The highest BCUT2D eigenvalue weighted by atomic mass is 16.4. The van der Waals surface area contributed by atoms with Crippen molar-refractivity contribution in [1.82, 2.24) is 25.2 Å². The van der Waals surface area contributed by atoms with Crippen LogP contribution >= 0.6 is 0 Å². The number of aromatic nitrogens is 3. The molecule has 0 saturated carbocycles. The van der Waals surface area contributed by atoms with Gasteiger partial charge in [-0.15, -0.1) is 5.10 Å². The van der Waals surface area contributed by atoms with Gasteiger partial charge < -0.3 is 10.4 Å². The first kappa shape index (κ1) is 13.0. The van der Waals surface area contributed by atoms with Gasteiger partial charge in [0.2, 0.25) is 5.91 Å². The topological polar surface area (TPSA) is 100 Å². The first-order valence-corrected chi connectivity index (χ1v) is 6.80. The zero-order valence-corrected chi connectivity index (χ0v) is 11.0. The minimum atomic E-state index is -1.14. The Bertz CT molecular complexity index is 529. The minimum absolute atomic E-state index is 0.00347. The Hall–Kier alpha value is -1.96. The van der Waals surface area contributed by atoms with Gasteiger partial charge in [-0.1, -0.05) is 5.21 Å². The number of fused-ring (bicyclic) bond motifs is 1. The summed E-state index contributed by atoms with van der Waals surface area (Å²) in [6.07, 6.45) is 4.58. The SMILES string of the molecule is O=C(Cn1cc(C(=O)O)nn1)NC1CCN2CCCC12. The lowest BCUT2D eigenvalue weighted by Gasteiger charge is -2.21. The fourth-order valence-corrected chi connectivity index (χ4v) is 3.12. The lowest BCUT2D eigenvalue weighted by atomic mass is 10.1. The number of aromatic carboxylic acids is 1. The molecule has 2 N–H and O–H groups in total. The van der Waals surface area contributed by atoms with Gasteiger partial charge in [-0.2, -0.15) is 0 Å². The van der Waals surface area contributed by atoms with Crippen molar-refractivity contribution in [2.45, 2.75) is 37.9 Å². The van der Waals surface area contributed by atoms with Crippen molar-refractivity contribution in [3.05, 3.63) is 11.9 Å². The highest BCUT2D eigenvalue weighted by Crippen LogP contribution is 2.27. The molecule has 1 aromatic rings. The van der Waals surface area contributed by atoms with Gasteiger partial charge in [-0.25, -0.2) is 9.48 Å². The Morgan fingerprint density at radius 1 is 1.40 bits per heavy atom. The van der Waals surface area contributed by atoms with Crippen LogP contribution in [0.25, 0.3) is 0 Å². The number of carboxylic acid groups (broad SMARTS) is 1. The number of carboxylic acids is 1. The average Bonchev–Trinajstić information content (AvgIpc) is 3.07. The molecule has 2 aliphatic heterocycles. The molecule has 0 radical (unpaired) electrons. The van der Waals surface area contributed by atoms with Gasteiger partial charge in [0.1, 0.15) is 6.54 Å². The molecule has 0 spiro atoms.